The summed E-state index contributed by atoms with van der Waals surface area (Å²) in [6.07, 6.45) is -0.217. The zero-order valence-electron chi connectivity index (χ0n) is 17.9. The van der Waals surface area contributed by atoms with Crippen molar-refractivity contribution < 1.29 is 37.2 Å². The maximum Gasteiger partial charge on any atom is 0.527 e. The summed E-state index contributed by atoms with van der Waals surface area (Å²) in [6.45, 7) is -0.585. The summed E-state index contributed by atoms with van der Waals surface area (Å²) in [5.41, 5.74) is -1.93. The zero-order chi connectivity index (χ0) is 25.0. The van der Waals surface area contributed by atoms with E-state index in [1.165, 1.54) is 36.7 Å². The van der Waals surface area contributed by atoms with E-state index in [2.05, 4.69) is 4.98 Å². The van der Waals surface area contributed by atoms with Crippen LogP contribution in [-0.2, 0) is 18.6 Å². The number of carbonyl (C=O) groups is 1. The molecule has 2 aromatic heterocycles. The van der Waals surface area contributed by atoms with Crippen molar-refractivity contribution in [3.8, 4) is 5.75 Å². The lowest BCUT2D eigenvalue weighted by atomic mass is 10.1. The molecule has 1 saturated heterocycles. The third-order valence-corrected chi connectivity index (χ3v) is 5.86. The molecule has 0 radical (unpaired) electrons. The van der Waals surface area contributed by atoms with E-state index in [9.17, 15) is 28.2 Å². The fraction of sp³-hybridized carbons (Fsp3) is 0.238. The summed E-state index contributed by atoms with van der Waals surface area (Å²) >= 11 is 0. The second-order valence-corrected chi connectivity index (χ2v) is 8.74. The predicted octanol–water partition coefficient (Wildman–Crippen LogP) is 1.78. The molecule has 0 saturated carbocycles. The van der Waals surface area contributed by atoms with Gasteiger partial charge >= 0.3 is 19.5 Å². The maximum atomic E-state index is 13.8. The van der Waals surface area contributed by atoms with Crippen LogP contribution in [0.5, 0.6) is 5.75 Å². The van der Waals surface area contributed by atoms with Crippen LogP contribution in [0.25, 0.3) is 0 Å². The Balaban J connectivity index is 1.52. The Kier molecular flexibility index (Phi) is 7.22. The number of aromatic nitrogens is 3. The Morgan fingerprint density at radius 1 is 1.26 bits per heavy atom. The second kappa shape index (κ2) is 10.3. The van der Waals surface area contributed by atoms with Crippen LogP contribution in [0.15, 0.2) is 70.6 Å². The number of benzene rings is 1. The summed E-state index contributed by atoms with van der Waals surface area (Å²) in [5.74, 6) is -1.97. The molecule has 0 amide bonds. The van der Waals surface area contributed by atoms with E-state index < -0.39 is 55.9 Å². The third-order valence-electron chi connectivity index (χ3n) is 4.94. The number of hydrogen-bond acceptors (Lipinski definition) is 9. The molecule has 3 heterocycles. The van der Waals surface area contributed by atoms with Crippen LogP contribution in [0.4, 0.5) is 4.39 Å². The van der Waals surface area contributed by atoms with Crippen molar-refractivity contribution in [1.29, 1.82) is 0 Å². The van der Waals surface area contributed by atoms with E-state index in [1.54, 1.807) is 18.2 Å². The zero-order valence-corrected chi connectivity index (χ0v) is 18.7. The van der Waals surface area contributed by atoms with Gasteiger partial charge in [-0.2, -0.15) is 4.39 Å². The number of nitrogens with one attached hydrogen (secondary N) is 1. The van der Waals surface area contributed by atoms with Crippen molar-refractivity contribution in [2.24, 2.45) is 0 Å². The summed E-state index contributed by atoms with van der Waals surface area (Å²) in [6, 6.07) is 10.9. The molecule has 0 aliphatic carbocycles. The fourth-order valence-corrected chi connectivity index (χ4v) is 4.09. The van der Waals surface area contributed by atoms with Gasteiger partial charge in [0.05, 0.1) is 24.6 Å². The molecule has 1 aliphatic heterocycles. The van der Waals surface area contributed by atoms with Crippen LogP contribution < -0.4 is 15.8 Å². The summed E-state index contributed by atoms with van der Waals surface area (Å²) in [5, 5.41) is 0. The van der Waals surface area contributed by atoms with Gasteiger partial charge in [0.2, 0.25) is 5.82 Å². The minimum absolute atomic E-state index is 0.0223. The molecule has 184 valence electrons. The lowest BCUT2D eigenvalue weighted by Gasteiger charge is -2.20. The van der Waals surface area contributed by atoms with Gasteiger partial charge in [-0.3, -0.25) is 28.7 Å². The largest absolute Gasteiger partial charge is 0.527 e. The van der Waals surface area contributed by atoms with Crippen molar-refractivity contribution in [2.75, 3.05) is 6.61 Å². The monoisotopic (exact) mass is 507 g/mol. The van der Waals surface area contributed by atoms with E-state index in [4.69, 9.17) is 18.5 Å². The number of phosphoric ester groups is 1. The highest BCUT2D eigenvalue weighted by molar-refractivity contribution is 7.47. The molecule has 2 N–H and O–H groups in total. The van der Waals surface area contributed by atoms with Gasteiger partial charge < -0.3 is 14.0 Å². The van der Waals surface area contributed by atoms with E-state index >= 15 is 0 Å². The number of H-pyrrole nitrogens is 1. The third kappa shape index (κ3) is 6.08. The van der Waals surface area contributed by atoms with E-state index in [0.717, 1.165) is 4.57 Å². The molecule has 0 spiro atoms. The van der Waals surface area contributed by atoms with Crippen molar-refractivity contribution in [3.63, 3.8) is 0 Å². The number of hydrogen-bond donors (Lipinski definition) is 2. The summed E-state index contributed by atoms with van der Waals surface area (Å²) < 4.78 is 48.1. The molecular formula is C21H19FN3O9P. The highest BCUT2D eigenvalue weighted by atomic mass is 31.2. The van der Waals surface area contributed by atoms with Gasteiger partial charge in [-0.1, -0.05) is 18.2 Å². The molecule has 4 rings (SSSR count). The molecule has 1 aromatic carbocycles. The number of rotatable bonds is 8. The number of halogens is 1. The first-order valence-electron chi connectivity index (χ1n) is 10.2. The molecule has 4 atom stereocenters. The normalized spacial score (nSPS) is 21.3. The Bertz CT molecular complexity index is 1350. The van der Waals surface area contributed by atoms with Crippen LogP contribution in [0.3, 0.4) is 0 Å². The Morgan fingerprint density at radius 2 is 2.03 bits per heavy atom. The minimum atomic E-state index is -4.64. The van der Waals surface area contributed by atoms with Gasteiger partial charge in [-0.15, -0.1) is 0 Å². The van der Waals surface area contributed by atoms with Crippen molar-refractivity contribution >= 4 is 13.8 Å². The number of ether oxygens (including phenoxy) is 2. The van der Waals surface area contributed by atoms with Crippen LogP contribution in [0.1, 0.15) is 23.0 Å². The number of nitrogens with zero attached hydrogens (tertiary/aromatic N) is 2. The average molecular weight is 507 g/mol. The van der Waals surface area contributed by atoms with Crippen molar-refractivity contribution in [1.82, 2.24) is 14.5 Å². The smallest absolute Gasteiger partial charge is 0.456 e. The summed E-state index contributed by atoms with van der Waals surface area (Å²) in [4.78, 5) is 51.7. The molecular weight excluding hydrogens is 488 g/mol. The quantitative estimate of drug-likeness (QED) is 0.340. The molecule has 1 fully saturated rings. The Labute approximate surface area is 196 Å². The van der Waals surface area contributed by atoms with E-state index in [0.29, 0.717) is 6.20 Å². The molecule has 12 nitrogen and oxygen atoms in total. The first-order chi connectivity index (χ1) is 16.7. The maximum absolute atomic E-state index is 13.8. The molecule has 0 bridgehead atoms. The van der Waals surface area contributed by atoms with Crippen LogP contribution in [0, 0.1) is 5.82 Å². The SMILES string of the molecule is O=C(O[C@H]1C[C@H](n2cc(F)c(=O)[nH]c2=O)O[C@@H]1COP(=O)(O)Oc1cccnc1)c1ccccc1. The number of pyridine rings is 1. The highest BCUT2D eigenvalue weighted by Crippen LogP contribution is 2.44. The van der Waals surface area contributed by atoms with Gasteiger partial charge in [-0.05, 0) is 24.3 Å². The average Bonchev–Trinajstić information content (AvgIpc) is 3.23. The molecule has 35 heavy (non-hydrogen) atoms. The van der Waals surface area contributed by atoms with Gasteiger partial charge in [0.1, 0.15) is 24.2 Å². The minimum Gasteiger partial charge on any atom is -0.456 e. The van der Waals surface area contributed by atoms with Gasteiger partial charge in [0, 0.05) is 12.6 Å². The lowest BCUT2D eigenvalue weighted by molar-refractivity contribution is -0.0511. The van der Waals surface area contributed by atoms with Crippen LogP contribution in [-0.4, -0.2) is 44.2 Å². The van der Waals surface area contributed by atoms with Crippen molar-refractivity contribution in [2.45, 2.75) is 24.9 Å². The first-order valence-corrected chi connectivity index (χ1v) is 11.7. The Hall–Kier alpha value is -3.64. The number of aromatic amines is 1. The van der Waals surface area contributed by atoms with E-state index in [1.807, 2.05) is 4.98 Å². The van der Waals surface area contributed by atoms with Crippen molar-refractivity contribution in [3.05, 3.63) is 93.3 Å². The molecule has 14 heteroatoms. The number of esters is 1. The lowest BCUT2D eigenvalue weighted by Crippen LogP contribution is -2.34. The van der Waals surface area contributed by atoms with Crippen LogP contribution in [0.2, 0.25) is 0 Å². The van der Waals surface area contributed by atoms with Gasteiger partial charge in [-0.25, -0.2) is 14.2 Å². The second-order valence-electron chi connectivity index (χ2n) is 7.36. The molecule has 1 unspecified atom stereocenters. The number of phosphoric acid groups is 1. The van der Waals surface area contributed by atoms with Gasteiger partial charge in [0.25, 0.3) is 5.56 Å². The first kappa shape index (κ1) is 24.5. The van der Waals surface area contributed by atoms with Crippen LogP contribution >= 0.6 is 7.82 Å². The molecule has 3 aromatic rings. The van der Waals surface area contributed by atoms with Gasteiger partial charge in [0.15, 0.2) is 0 Å². The standard InChI is InChI=1S/C21H19FN3O9P/c22-15-11-25(21(28)24-19(15)26)18-9-16(33-20(27)13-5-2-1-3-6-13)17(32-18)12-31-35(29,30)34-14-7-4-8-23-10-14/h1-8,10-11,16-18H,9,12H2,(H,29,30)(H,24,26,28)/t16-,17+,18+/m0/s1. The number of carbonyl (C=O) groups excluding carboxylic acids is 1. The molecule has 1 aliphatic rings. The van der Waals surface area contributed by atoms with E-state index in [-0.39, 0.29) is 17.7 Å². The predicted molar refractivity (Wildman–Crippen MR) is 116 cm³/mol. The Morgan fingerprint density at radius 3 is 2.74 bits per heavy atom. The topological polar surface area (TPSA) is 159 Å². The fourth-order valence-electron chi connectivity index (χ4n) is 3.33. The summed E-state index contributed by atoms with van der Waals surface area (Å²) in [7, 11) is -4.64. The highest BCUT2D eigenvalue weighted by Gasteiger charge is 2.41.